The molecule has 0 aromatic rings. The number of piperidine rings is 1. The lowest BCUT2D eigenvalue weighted by molar-refractivity contribution is -0.136. The van der Waals surface area contributed by atoms with Crippen LogP contribution in [0.15, 0.2) is 0 Å². The van der Waals surface area contributed by atoms with Gasteiger partial charge in [0, 0.05) is 19.6 Å². The number of nitrogens with zero attached hydrogens (tertiary/aromatic N) is 1. The minimum atomic E-state index is -0.194. The Balaban J connectivity index is 0.00000112. The fraction of sp³-hybridized carbons (Fsp3) is 0.900. The van der Waals surface area contributed by atoms with E-state index in [9.17, 15) is 9.90 Å². The van der Waals surface area contributed by atoms with Gasteiger partial charge in [0.15, 0.2) is 0 Å². The SMILES string of the molecule is Cl.O=C([C@@H]1CCNC1)N1CCC(O)CC1. The molecule has 1 atom stereocenters. The molecule has 88 valence electrons. The van der Waals surface area contributed by atoms with E-state index in [1.807, 2.05) is 4.90 Å². The van der Waals surface area contributed by atoms with Gasteiger partial charge in [-0.2, -0.15) is 0 Å². The Labute approximate surface area is 96.4 Å². The van der Waals surface area contributed by atoms with Gasteiger partial charge in [-0.3, -0.25) is 4.79 Å². The third kappa shape index (κ3) is 3.06. The molecular formula is C10H19ClN2O2. The average molecular weight is 235 g/mol. The standard InChI is InChI=1S/C10H18N2O2.ClH/c13-9-2-5-12(6-3-9)10(14)8-1-4-11-7-8;/h8-9,11,13H,1-7H2;1H/t8-;/m1./s1. The minimum absolute atomic E-state index is 0. The molecule has 15 heavy (non-hydrogen) atoms. The zero-order valence-corrected chi connectivity index (χ0v) is 9.63. The van der Waals surface area contributed by atoms with Crippen LogP contribution in [0.4, 0.5) is 0 Å². The molecule has 0 spiro atoms. The van der Waals surface area contributed by atoms with Gasteiger partial charge in [0.25, 0.3) is 0 Å². The van der Waals surface area contributed by atoms with Gasteiger partial charge in [-0.25, -0.2) is 0 Å². The summed E-state index contributed by atoms with van der Waals surface area (Å²) in [5.41, 5.74) is 0. The Morgan fingerprint density at radius 1 is 1.27 bits per heavy atom. The maximum absolute atomic E-state index is 11.9. The highest BCUT2D eigenvalue weighted by Crippen LogP contribution is 2.16. The highest BCUT2D eigenvalue weighted by atomic mass is 35.5. The van der Waals surface area contributed by atoms with Crippen molar-refractivity contribution in [3.63, 3.8) is 0 Å². The highest BCUT2D eigenvalue weighted by Gasteiger charge is 2.29. The van der Waals surface area contributed by atoms with Gasteiger partial charge in [-0.15, -0.1) is 12.4 Å². The van der Waals surface area contributed by atoms with E-state index < -0.39 is 0 Å². The predicted octanol–water partition coefficient (Wildman–Crippen LogP) is 0.001000. The minimum Gasteiger partial charge on any atom is -0.393 e. The van der Waals surface area contributed by atoms with Gasteiger partial charge in [0.1, 0.15) is 0 Å². The lowest BCUT2D eigenvalue weighted by Crippen LogP contribution is -2.43. The third-order valence-corrected chi connectivity index (χ3v) is 3.19. The molecule has 1 amide bonds. The summed E-state index contributed by atoms with van der Waals surface area (Å²) in [6.45, 7) is 3.26. The topological polar surface area (TPSA) is 52.6 Å². The second-order valence-corrected chi connectivity index (χ2v) is 4.25. The number of likely N-dealkylation sites (tertiary alicyclic amines) is 1. The van der Waals surface area contributed by atoms with Crippen molar-refractivity contribution in [2.24, 2.45) is 5.92 Å². The number of hydrogen-bond acceptors (Lipinski definition) is 3. The summed E-state index contributed by atoms with van der Waals surface area (Å²) >= 11 is 0. The van der Waals surface area contributed by atoms with Crippen molar-refractivity contribution >= 4 is 18.3 Å². The molecule has 0 radical (unpaired) electrons. The van der Waals surface area contributed by atoms with Gasteiger partial charge < -0.3 is 15.3 Å². The number of aliphatic hydroxyl groups excluding tert-OH is 1. The molecule has 2 aliphatic heterocycles. The van der Waals surface area contributed by atoms with E-state index in [1.165, 1.54) is 0 Å². The zero-order valence-electron chi connectivity index (χ0n) is 8.82. The van der Waals surface area contributed by atoms with E-state index in [0.717, 1.165) is 45.4 Å². The second kappa shape index (κ2) is 5.68. The fourth-order valence-electron chi connectivity index (χ4n) is 2.21. The van der Waals surface area contributed by atoms with E-state index in [4.69, 9.17) is 0 Å². The summed E-state index contributed by atoms with van der Waals surface area (Å²) in [6.07, 6.45) is 2.26. The number of aliphatic hydroxyl groups is 1. The first-order valence-electron chi connectivity index (χ1n) is 5.45. The number of halogens is 1. The maximum Gasteiger partial charge on any atom is 0.227 e. The van der Waals surface area contributed by atoms with Crippen LogP contribution in [-0.4, -0.2) is 48.2 Å². The normalized spacial score (nSPS) is 27.5. The summed E-state index contributed by atoms with van der Waals surface area (Å²) in [4.78, 5) is 13.8. The molecule has 0 aromatic carbocycles. The molecule has 2 rings (SSSR count). The van der Waals surface area contributed by atoms with E-state index in [-0.39, 0.29) is 30.3 Å². The molecule has 2 N–H and O–H groups in total. The average Bonchev–Trinajstić information content (AvgIpc) is 2.71. The summed E-state index contributed by atoms with van der Waals surface area (Å²) in [6, 6.07) is 0. The van der Waals surface area contributed by atoms with E-state index in [2.05, 4.69) is 5.32 Å². The van der Waals surface area contributed by atoms with Crippen molar-refractivity contribution in [1.29, 1.82) is 0 Å². The van der Waals surface area contributed by atoms with Crippen molar-refractivity contribution in [3.05, 3.63) is 0 Å². The monoisotopic (exact) mass is 234 g/mol. The smallest absolute Gasteiger partial charge is 0.227 e. The molecule has 0 unspecified atom stereocenters. The van der Waals surface area contributed by atoms with Gasteiger partial charge in [0.05, 0.1) is 12.0 Å². The summed E-state index contributed by atoms with van der Waals surface area (Å²) in [5.74, 6) is 0.465. The van der Waals surface area contributed by atoms with Crippen molar-refractivity contribution in [3.8, 4) is 0 Å². The molecule has 2 heterocycles. The molecule has 2 aliphatic rings. The van der Waals surface area contributed by atoms with Crippen LogP contribution in [0.5, 0.6) is 0 Å². The molecule has 0 saturated carbocycles. The number of amides is 1. The van der Waals surface area contributed by atoms with Crippen LogP contribution in [-0.2, 0) is 4.79 Å². The van der Waals surface area contributed by atoms with Crippen LogP contribution in [0.1, 0.15) is 19.3 Å². The molecular weight excluding hydrogens is 216 g/mol. The van der Waals surface area contributed by atoms with Gasteiger partial charge >= 0.3 is 0 Å². The largest absolute Gasteiger partial charge is 0.393 e. The summed E-state index contributed by atoms with van der Waals surface area (Å²) < 4.78 is 0. The van der Waals surface area contributed by atoms with E-state index in [0.29, 0.717) is 0 Å². The molecule has 2 saturated heterocycles. The number of carbonyl (C=O) groups excluding carboxylic acids is 1. The Hall–Kier alpha value is -0.320. The van der Waals surface area contributed by atoms with Crippen LogP contribution in [0, 0.1) is 5.92 Å². The second-order valence-electron chi connectivity index (χ2n) is 4.25. The lowest BCUT2D eigenvalue weighted by Gasteiger charge is -2.31. The molecule has 0 bridgehead atoms. The Morgan fingerprint density at radius 2 is 1.93 bits per heavy atom. The third-order valence-electron chi connectivity index (χ3n) is 3.19. The number of rotatable bonds is 1. The van der Waals surface area contributed by atoms with Gasteiger partial charge in [0.2, 0.25) is 5.91 Å². The Kier molecular flexibility index (Phi) is 4.83. The molecule has 0 aliphatic carbocycles. The molecule has 2 fully saturated rings. The maximum atomic E-state index is 11.9. The summed E-state index contributed by atoms with van der Waals surface area (Å²) in [7, 11) is 0. The van der Waals surface area contributed by atoms with Crippen LogP contribution >= 0.6 is 12.4 Å². The van der Waals surface area contributed by atoms with Crippen LogP contribution in [0.2, 0.25) is 0 Å². The zero-order chi connectivity index (χ0) is 9.97. The van der Waals surface area contributed by atoms with E-state index in [1.54, 1.807) is 0 Å². The van der Waals surface area contributed by atoms with Gasteiger partial charge in [-0.05, 0) is 25.8 Å². The van der Waals surface area contributed by atoms with Gasteiger partial charge in [-0.1, -0.05) is 0 Å². The summed E-state index contributed by atoms with van der Waals surface area (Å²) in [5, 5.41) is 12.5. The lowest BCUT2D eigenvalue weighted by atomic mass is 10.0. The number of hydrogen-bond donors (Lipinski definition) is 2. The van der Waals surface area contributed by atoms with Crippen LogP contribution < -0.4 is 5.32 Å². The Morgan fingerprint density at radius 3 is 2.47 bits per heavy atom. The van der Waals surface area contributed by atoms with Crippen molar-refractivity contribution < 1.29 is 9.90 Å². The molecule has 4 nitrogen and oxygen atoms in total. The predicted molar refractivity (Wildman–Crippen MR) is 60.0 cm³/mol. The Bertz CT molecular complexity index is 211. The fourth-order valence-corrected chi connectivity index (χ4v) is 2.21. The first kappa shape index (κ1) is 12.7. The van der Waals surface area contributed by atoms with Crippen LogP contribution in [0.3, 0.4) is 0 Å². The number of nitrogens with one attached hydrogen (secondary N) is 1. The molecule has 5 heteroatoms. The van der Waals surface area contributed by atoms with Crippen molar-refractivity contribution in [2.75, 3.05) is 26.2 Å². The van der Waals surface area contributed by atoms with Crippen LogP contribution in [0.25, 0.3) is 0 Å². The number of carbonyl (C=O) groups is 1. The van der Waals surface area contributed by atoms with Crippen molar-refractivity contribution in [2.45, 2.75) is 25.4 Å². The van der Waals surface area contributed by atoms with E-state index >= 15 is 0 Å². The first-order valence-corrected chi connectivity index (χ1v) is 5.45. The van der Waals surface area contributed by atoms with Crippen molar-refractivity contribution in [1.82, 2.24) is 10.2 Å². The first-order chi connectivity index (χ1) is 6.77. The highest BCUT2D eigenvalue weighted by molar-refractivity contribution is 5.85. The molecule has 0 aromatic heterocycles. The quantitative estimate of drug-likeness (QED) is 0.672.